The van der Waals surface area contributed by atoms with E-state index in [0.717, 1.165) is 24.3 Å². The van der Waals surface area contributed by atoms with Gasteiger partial charge in [-0.1, -0.05) is 0 Å². The first kappa shape index (κ1) is 14.3. The number of hydrogen-bond donors (Lipinski definition) is 1. The average Bonchev–Trinajstić information content (AvgIpc) is 2.37. The van der Waals surface area contributed by atoms with Gasteiger partial charge in [0.05, 0.1) is 22.4 Å². The Hall–Kier alpha value is -2.09. The number of nitriles is 1. The van der Waals surface area contributed by atoms with Crippen LogP contribution in [0, 0.1) is 30.6 Å². The first-order chi connectivity index (χ1) is 9.37. The Balaban J connectivity index is 2.42. The van der Waals surface area contributed by atoms with Crippen LogP contribution in [0.5, 0.6) is 0 Å². The Morgan fingerprint density at radius 3 is 2.85 bits per heavy atom. The molecule has 1 aliphatic heterocycles. The number of carboxylic acids is 1. The number of carboxylic acid groups (broad SMARTS) is 1. The smallest absolute Gasteiger partial charge is 0.311 e. The standard InChI is InChI=1S/C15H19N3O2/c1-10-7-13(12(8-16)11(2)17-10)18-6-4-5-15(3,9-18)14(19)20/h7H,4-6,9H2,1-3H3,(H,19,20). The maximum Gasteiger partial charge on any atom is 0.311 e. The number of hydrogen-bond acceptors (Lipinski definition) is 4. The van der Waals surface area contributed by atoms with E-state index in [9.17, 15) is 15.2 Å². The summed E-state index contributed by atoms with van der Waals surface area (Å²) in [7, 11) is 0. The number of nitrogens with zero attached hydrogens (tertiary/aromatic N) is 3. The van der Waals surface area contributed by atoms with Crippen molar-refractivity contribution in [3.05, 3.63) is 23.0 Å². The van der Waals surface area contributed by atoms with Crippen molar-refractivity contribution in [2.45, 2.75) is 33.6 Å². The van der Waals surface area contributed by atoms with Crippen molar-refractivity contribution in [2.75, 3.05) is 18.0 Å². The van der Waals surface area contributed by atoms with Gasteiger partial charge in [0.2, 0.25) is 0 Å². The van der Waals surface area contributed by atoms with Crippen LogP contribution in [-0.4, -0.2) is 29.1 Å². The van der Waals surface area contributed by atoms with Crippen molar-refractivity contribution in [1.82, 2.24) is 4.98 Å². The summed E-state index contributed by atoms with van der Waals surface area (Å²) in [6, 6.07) is 4.07. The predicted molar refractivity (Wildman–Crippen MR) is 75.6 cm³/mol. The normalized spacial score (nSPS) is 22.4. The maximum absolute atomic E-state index is 11.4. The van der Waals surface area contributed by atoms with Crippen LogP contribution in [0.25, 0.3) is 0 Å². The third kappa shape index (κ3) is 2.46. The first-order valence-electron chi connectivity index (χ1n) is 6.74. The van der Waals surface area contributed by atoms with Crippen molar-refractivity contribution in [1.29, 1.82) is 5.26 Å². The number of aryl methyl sites for hydroxylation is 2. The van der Waals surface area contributed by atoms with Crippen LogP contribution >= 0.6 is 0 Å². The van der Waals surface area contributed by atoms with E-state index in [2.05, 4.69) is 11.1 Å². The minimum absolute atomic E-state index is 0.430. The highest BCUT2D eigenvalue weighted by molar-refractivity contribution is 5.76. The zero-order chi connectivity index (χ0) is 14.9. The second kappa shape index (κ2) is 5.12. The molecule has 20 heavy (non-hydrogen) atoms. The topological polar surface area (TPSA) is 77.2 Å². The zero-order valence-corrected chi connectivity index (χ0v) is 12.1. The molecule has 1 saturated heterocycles. The van der Waals surface area contributed by atoms with Crippen LogP contribution in [0.1, 0.15) is 36.7 Å². The number of piperidine rings is 1. The number of rotatable bonds is 2. The Morgan fingerprint density at radius 1 is 1.55 bits per heavy atom. The van der Waals surface area contributed by atoms with Crippen molar-refractivity contribution < 1.29 is 9.90 Å². The van der Waals surface area contributed by atoms with Gasteiger partial charge in [-0.25, -0.2) is 0 Å². The lowest BCUT2D eigenvalue weighted by Crippen LogP contribution is -2.46. The third-order valence-electron chi connectivity index (χ3n) is 3.97. The lowest BCUT2D eigenvalue weighted by molar-refractivity contribution is -0.148. The highest BCUT2D eigenvalue weighted by Crippen LogP contribution is 2.34. The van der Waals surface area contributed by atoms with E-state index in [-0.39, 0.29) is 0 Å². The minimum atomic E-state index is -0.775. The molecule has 2 rings (SSSR count). The van der Waals surface area contributed by atoms with E-state index in [1.165, 1.54) is 0 Å². The molecule has 1 unspecified atom stereocenters. The Morgan fingerprint density at radius 2 is 2.25 bits per heavy atom. The number of aromatic nitrogens is 1. The highest BCUT2D eigenvalue weighted by atomic mass is 16.4. The molecular weight excluding hydrogens is 254 g/mol. The molecule has 5 nitrogen and oxygen atoms in total. The largest absolute Gasteiger partial charge is 0.481 e. The summed E-state index contributed by atoms with van der Waals surface area (Å²) in [4.78, 5) is 17.8. The van der Waals surface area contributed by atoms with Gasteiger partial charge in [0.1, 0.15) is 6.07 Å². The van der Waals surface area contributed by atoms with E-state index in [1.54, 1.807) is 6.92 Å². The van der Waals surface area contributed by atoms with Crippen LogP contribution in [0.2, 0.25) is 0 Å². The van der Waals surface area contributed by atoms with Crippen LogP contribution < -0.4 is 4.90 Å². The fourth-order valence-electron chi connectivity index (χ4n) is 2.82. The molecule has 0 radical (unpaired) electrons. The minimum Gasteiger partial charge on any atom is -0.481 e. The van der Waals surface area contributed by atoms with E-state index >= 15 is 0 Å². The van der Waals surface area contributed by atoms with Gasteiger partial charge in [-0.15, -0.1) is 0 Å². The second-order valence-corrected chi connectivity index (χ2v) is 5.75. The van der Waals surface area contributed by atoms with Gasteiger partial charge in [-0.3, -0.25) is 9.78 Å². The Labute approximate surface area is 118 Å². The van der Waals surface area contributed by atoms with Crippen LogP contribution in [0.15, 0.2) is 6.07 Å². The fraction of sp³-hybridized carbons (Fsp3) is 0.533. The lowest BCUT2D eigenvalue weighted by Gasteiger charge is -2.39. The summed E-state index contributed by atoms with van der Waals surface area (Å²) < 4.78 is 0. The van der Waals surface area contributed by atoms with Crippen molar-refractivity contribution in [2.24, 2.45) is 5.41 Å². The van der Waals surface area contributed by atoms with Crippen LogP contribution in [0.4, 0.5) is 5.69 Å². The second-order valence-electron chi connectivity index (χ2n) is 5.75. The molecule has 0 spiro atoms. The van der Waals surface area contributed by atoms with E-state index in [4.69, 9.17) is 0 Å². The number of pyridine rings is 1. The molecule has 0 bridgehead atoms. The number of carbonyl (C=O) groups is 1. The molecule has 1 atom stereocenters. The fourth-order valence-corrected chi connectivity index (χ4v) is 2.82. The molecular formula is C15H19N3O2. The molecule has 0 amide bonds. The van der Waals surface area contributed by atoms with Gasteiger partial charge in [-0.05, 0) is 39.7 Å². The summed E-state index contributed by atoms with van der Waals surface area (Å²) in [6.45, 7) is 6.68. The monoisotopic (exact) mass is 273 g/mol. The Bertz CT molecular complexity index is 592. The first-order valence-corrected chi connectivity index (χ1v) is 6.74. The molecule has 1 fully saturated rings. The van der Waals surface area contributed by atoms with Gasteiger partial charge >= 0.3 is 5.97 Å². The van der Waals surface area contributed by atoms with Gasteiger partial charge in [0.15, 0.2) is 0 Å². The van der Waals surface area contributed by atoms with Crippen molar-refractivity contribution in [3.63, 3.8) is 0 Å². The molecule has 1 aliphatic rings. The number of anilines is 1. The molecule has 0 aliphatic carbocycles. The molecule has 1 aromatic rings. The van der Waals surface area contributed by atoms with Gasteiger partial charge < -0.3 is 10.0 Å². The summed E-state index contributed by atoms with van der Waals surface area (Å²) >= 11 is 0. The summed E-state index contributed by atoms with van der Waals surface area (Å²) in [6.07, 6.45) is 1.48. The molecule has 5 heteroatoms. The predicted octanol–water partition coefficient (Wildman–Crippen LogP) is 2.26. The molecule has 0 aromatic carbocycles. The maximum atomic E-state index is 11.4. The average molecular weight is 273 g/mol. The SMILES string of the molecule is Cc1cc(N2CCCC(C)(C(=O)O)C2)c(C#N)c(C)n1. The van der Waals surface area contributed by atoms with E-state index in [1.807, 2.05) is 24.8 Å². The molecule has 1 aromatic heterocycles. The van der Waals surface area contributed by atoms with Crippen molar-refractivity contribution in [3.8, 4) is 6.07 Å². The summed E-state index contributed by atoms with van der Waals surface area (Å²) in [5, 5.41) is 18.7. The summed E-state index contributed by atoms with van der Waals surface area (Å²) in [5.74, 6) is -0.775. The number of aliphatic carboxylic acids is 1. The third-order valence-corrected chi connectivity index (χ3v) is 3.97. The van der Waals surface area contributed by atoms with Gasteiger partial charge in [0.25, 0.3) is 0 Å². The molecule has 0 saturated carbocycles. The van der Waals surface area contributed by atoms with E-state index < -0.39 is 11.4 Å². The molecule has 106 valence electrons. The zero-order valence-electron chi connectivity index (χ0n) is 12.1. The lowest BCUT2D eigenvalue weighted by atomic mass is 9.81. The Kier molecular flexibility index (Phi) is 3.67. The molecule has 2 heterocycles. The van der Waals surface area contributed by atoms with Crippen molar-refractivity contribution >= 4 is 11.7 Å². The van der Waals surface area contributed by atoms with Crippen LogP contribution in [0.3, 0.4) is 0 Å². The quantitative estimate of drug-likeness (QED) is 0.894. The van der Waals surface area contributed by atoms with E-state index in [0.29, 0.717) is 24.2 Å². The highest BCUT2D eigenvalue weighted by Gasteiger charge is 2.38. The summed E-state index contributed by atoms with van der Waals surface area (Å²) in [5.41, 5.74) is 2.15. The van der Waals surface area contributed by atoms with Gasteiger partial charge in [0, 0.05) is 18.8 Å². The molecule has 1 N–H and O–H groups in total. The van der Waals surface area contributed by atoms with Crippen LogP contribution in [-0.2, 0) is 4.79 Å². The van der Waals surface area contributed by atoms with Gasteiger partial charge in [-0.2, -0.15) is 5.26 Å².